The Morgan fingerprint density at radius 2 is 2.32 bits per heavy atom. The molecule has 0 aliphatic carbocycles. The highest BCUT2D eigenvalue weighted by molar-refractivity contribution is 7.80. The van der Waals surface area contributed by atoms with Crippen LogP contribution < -0.4 is 20.2 Å². The van der Waals surface area contributed by atoms with Gasteiger partial charge in [-0.25, -0.2) is 0 Å². The molecule has 1 fully saturated rings. The van der Waals surface area contributed by atoms with Crippen molar-refractivity contribution in [1.82, 2.24) is 10.7 Å². The molecule has 1 aromatic rings. The summed E-state index contributed by atoms with van der Waals surface area (Å²) in [4.78, 5) is 0. The number of nitrogens with zero attached hydrogens (tertiary/aromatic N) is 1. The van der Waals surface area contributed by atoms with Crippen molar-refractivity contribution in [1.29, 1.82) is 0 Å². The summed E-state index contributed by atoms with van der Waals surface area (Å²) in [5.74, 6) is 1.42. The minimum Gasteiger partial charge on any atom is -0.497 e. The Kier molecular flexibility index (Phi) is 6.42. The fourth-order valence-corrected chi connectivity index (χ4v) is 2.27. The zero-order chi connectivity index (χ0) is 15.8. The number of hydrazone groups is 1. The summed E-state index contributed by atoms with van der Waals surface area (Å²) in [7, 11) is 3.22. The molecule has 1 saturated heterocycles. The quantitative estimate of drug-likeness (QED) is 0.472. The third-order valence-electron chi connectivity index (χ3n) is 3.32. The van der Waals surface area contributed by atoms with Crippen LogP contribution >= 0.6 is 12.2 Å². The number of ether oxygens (including phenoxy) is 3. The van der Waals surface area contributed by atoms with Gasteiger partial charge in [-0.1, -0.05) is 0 Å². The molecule has 0 aromatic heterocycles. The highest BCUT2D eigenvalue weighted by atomic mass is 32.1. The van der Waals surface area contributed by atoms with Gasteiger partial charge in [-0.3, -0.25) is 5.43 Å². The van der Waals surface area contributed by atoms with Gasteiger partial charge in [0.25, 0.3) is 0 Å². The molecule has 0 saturated carbocycles. The normalized spacial score (nSPS) is 17.5. The van der Waals surface area contributed by atoms with E-state index in [0.717, 1.165) is 30.8 Å². The summed E-state index contributed by atoms with van der Waals surface area (Å²) in [6.07, 6.45) is 4.08. The van der Waals surface area contributed by atoms with Crippen molar-refractivity contribution >= 4 is 23.5 Å². The average Bonchev–Trinajstić information content (AvgIpc) is 3.06. The SMILES string of the molecule is COc1ccc(/C=N\NC(=S)NC[C@H]2CCCO2)c(OC)c1. The maximum absolute atomic E-state index is 5.51. The standard InChI is InChI=1S/C15H21N3O3S/c1-19-12-6-5-11(14(8-12)20-2)9-17-18-15(22)16-10-13-4-3-7-21-13/h5-6,8-9,13H,3-4,7,10H2,1-2H3,(H2,16,18,22)/b17-9-/t13-/m1/s1. The van der Waals surface area contributed by atoms with Crippen molar-refractivity contribution in [2.45, 2.75) is 18.9 Å². The molecule has 2 rings (SSSR count). The third-order valence-corrected chi connectivity index (χ3v) is 3.56. The molecule has 1 heterocycles. The predicted octanol–water partition coefficient (Wildman–Crippen LogP) is 1.68. The van der Waals surface area contributed by atoms with Gasteiger partial charge in [0.15, 0.2) is 5.11 Å². The van der Waals surface area contributed by atoms with E-state index in [-0.39, 0.29) is 6.10 Å². The predicted molar refractivity (Wildman–Crippen MR) is 89.9 cm³/mol. The zero-order valence-corrected chi connectivity index (χ0v) is 13.6. The Labute approximate surface area is 135 Å². The van der Waals surface area contributed by atoms with E-state index in [1.165, 1.54) is 0 Å². The van der Waals surface area contributed by atoms with Crippen LogP contribution in [0.5, 0.6) is 11.5 Å². The van der Waals surface area contributed by atoms with Crippen molar-refractivity contribution < 1.29 is 14.2 Å². The van der Waals surface area contributed by atoms with Crippen molar-refractivity contribution in [2.75, 3.05) is 27.4 Å². The summed E-state index contributed by atoms with van der Waals surface area (Å²) in [6, 6.07) is 5.51. The van der Waals surface area contributed by atoms with E-state index in [0.29, 0.717) is 17.4 Å². The van der Waals surface area contributed by atoms with Crippen molar-refractivity contribution in [3.05, 3.63) is 23.8 Å². The molecule has 0 spiro atoms. The molecule has 7 heteroatoms. The van der Waals surface area contributed by atoms with Crippen LogP contribution in [-0.2, 0) is 4.74 Å². The van der Waals surface area contributed by atoms with Crippen LogP contribution in [0.15, 0.2) is 23.3 Å². The van der Waals surface area contributed by atoms with Gasteiger partial charge in [-0.05, 0) is 37.2 Å². The molecule has 1 aromatic carbocycles. The van der Waals surface area contributed by atoms with Crippen LogP contribution in [0.4, 0.5) is 0 Å². The first kappa shape index (κ1) is 16.5. The summed E-state index contributed by atoms with van der Waals surface area (Å²) in [5, 5.41) is 7.67. The minimum absolute atomic E-state index is 0.241. The van der Waals surface area contributed by atoms with Crippen molar-refractivity contribution in [2.24, 2.45) is 5.10 Å². The molecule has 2 N–H and O–H groups in total. The average molecular weight is 323 g/mol. The van der Waals surface area contributed by atoms with Gasteiger partial charge in [0.05, 0.1) is 26.5 Å². The summed E-state index contributed by atoms with van der Waals surface area (Å²) in [6.45, 7) is 1.54. The van der Waals surface area contributed by atoms with Gasteiger partial charge in [-0.15, -0.1) is 0 Å². The third kappa shape index (κ3) is 4.85. The van der Waals surface area contributed by atoms with Crippen LogP contribution in [0.1, 0.15) is 18.4 Å². The second-order valence-corrected chi connectivity index (χ2v) is 5.23. The molecule has 1 aliphatic rings. The van der Waals surface area contributed by atoms with Crippen LogP contribution in [0.25, 0.3) is 0 Å². The Bertz CT molecular complexity index is 531. The van der Waals surface area contributed by atoms with E-state index in [2.05, 4.69) is 15.8 Å². The Hall–Kier alpha value is -1.86. The number of nitrogens with one attached hydrogen (secondary N) is 2. The number of hydrogen-bond donors (Lipinski definition) is 2. The first-order valence-electron chi connectivity index (χ1n) is 7.13. The van der Waals surface area contributed by atoms with Gasteiger partial charge in [-0.2, -0.15) is 5.10 Å². The molecular formula is C15H21N3O3S. The highest BCUT2D eigenvalue weighted by Crippen LogP contribution is 2.22. The summed E-state index contributed by atoms with van der Waals surface area (Å²) >= 11 is 5.16. The number of hydrogen-bond acceptors (Lipinski definition) is 5. The lowest BCUT2D eigenvalue weighted by Crippen LogP contribution is -2.37. The monoisotopic (exact) mass is 323 g/mol. The Balaban J connectivity index is 1.82. The van der Waals surface area contributed by atoms with E-state index in [9.17, 15) is 0 Å². The number of benzene rings is 1. The van der Waals surface area contributed by atoms with E-state index in [4.69, 9.17) is 26.4 Å². The molecule has 6 nitrogen and oxygen atoms in total. The lowest BCUT2D eigenvalue weighted by molar-refractivity contribution is 0.114. The molecule has 0 amide bonds. The lowest BCUT2D eigenvalue weighted by Gasteiger charge is -2.12. The van der Waals surface area contributed by atoms with Gasteiger partial charge in [0.1, 0.15) is 11.5 Å². The van der Waals surface area contributed by atoms with Crippen molar-refractivity contribution in [3.8, 4) is 11.5 Å². The van der Waals surface area contributed by atoms with Crippen molar-refractivity contribution in [3.63, 3.8) is 0 Å². The van der Waals surface area contributed by atoms with Crippen LogP contribution in [0.3, 0.4) is 0 Å². The Morgan fingerprint density at radius 3 is 3.00 bits per heavy atom. The van der Waals surface area contributed by atoms with E-state index >= 15 is 0 Å². The second-order valence-electron chi connectivity index (χ2n) is 4.82. The Morgan fingerprint density at radius 1 is 1.45 bits per heavy atom. The largest absolute Gasteiger partial charge is 0.497 e. The van der Waals surface area contributed by atoms with Crippen LogP contribution in [0, 0.1) is 0 Å². The van der Waals surface area contributed by atoms with Gasteiger partial charge >= 0.3 is 0 Å². The fourth-order valence-electron chi connectivity index (χ4n) is 2.14. The first-order chi connectivity index (χ1) is 10.7. The van der Waals surface area contributed by atoms with E-state index in [1.54, 1.807) is 26.5 Å². The van der Waals surface area contributed by atoms with E-state index < -0.39 is 0 Å². The number of rotatable bonds is 6. The minimum atomic E-state index is 0.241. The van der Waals surface area contributed by atoms with E-state index in [1.807, 2.05) is 12.1 Å². The molecule has 0 bridgehead atoms. The molecule has 120 valence electrons. The van der Waals surface area contributed by atoms with Gasteiger partial charge in [0, 0.05) is 24.8 Å². The second kappa shape index (κ2) is 8.55. The smallest absolute Gasteiger partial charge is 0.187 e. The van der Waals surface area contributed by atoms with Gasteiger partial charge in [0.2, 0.25) is 0 Å². The molecule has 1 aliphatic heterocycles. The molecule has 1 atom stereocenters. The topological polar surface area (TPSA) is 64.1 Å². The maximum Gasteiger partial charge on any atom is 0.187 e. The van der Waals surface area contributed by atoms with Crippen LogP contribution in [0.2, 0.25) is 0 Å². The summed E-state index contributed by atoms with van der Waals surface area (Å²) < 4.78 is 16.0. The fraction of sp³-hybridized carbons (Fsp3) is 0.467. The molecular weight excluding hydrogens is 302 g/mol. The number of thiocarbonyl (C=S) groups is 1. The maximum atomic E-state index is 5.51. The molecule has 22 heavy (non-hydrogen) atoms. The molecule has 0 unspecified atom stereocenters. The molecule has 0 radical (unpaired) electrons. The van der Waals surface area contributed by atoms with Gasteiger partial charge < -0.3 is 19.5 Å². The zero-order valence-electron chi connectivity index (χ0n) is 12.8. The highest BCUT2D eigenvalue weighted by Gasteiger charge is 2.14. The summed E-state index contributed by atoms with van der Waals surface area (Å²) in [5.41, 5.74) is 3.61. The lowest BCUT2D eigenvalue weighted by atomic mass is 10.2. The first-order valence-corrected chi connectivity index (χ1v) is 7.54. The number of methoxy groups -OCH3 is 2. The van der Waals surface area contributed by atoms with Crippen LogP contribution in [-0.4, -0.2) is 44.8 Å².